The number of carbonyl (C=O) groups excluding carboxylic acids is 2. The van der Waals surface area contributed by atoms with Crippen LogP contribution in [0.2, 0.25) is 0 Å². The van der Waals surface area contributed by atoms with Gasteiger partial charge in [-0.1, -0.05) is 6.92 Å². The Bertz CT molecular complexity index is 691. The number of hydrogen-bond donors (Lipinski definition) is 0. The fourth-order valence-corrected chi connectivity index (χ4v) is 2.37. The lowest BCUT2D eigenvalue weighted by Crippen LogP contribution is -2.38. The Labute approximate surface area is 129 Å². The Morgan fingerprint density at radius 1 is 1.27 bits per heavy atom. The SMILES string of the molecule is CCC(=O)C(C)(Cn1cnc(-c2ccc(F)cc2)c1)C(C)=O. The summed E-state index contributed by atoms with van der Waals surface area (Å²) in [5, 5.41) is 0. The molecule has 0 spiro atoms. The highest BCUT2D eigenvalue weighted by molar-refractivity contribution is 6.05. The standard InChI is InChI=1S/C17H19FN2O2/c1-4-16(22)17(3,12(2)21)10-20-9-15(19-11-20)13-5-7-14(18)8-6-13/h5-9,11H,4,10H2,1-3H3. The molecule has 1 unspecified atom stereocenters. The van der Waals surface area contributed by atoms with E-state index in [1.807, 2.05) is 0 Å². The Hall–Kier alpha value is -2.30. The highest BCUT2D eigenvalue weighted by atomic mass is 19.1. The van der Waals surface area contributed by atoms with Crippen molar-refractivity contribution in [3.8, 4) is 11.3 Å². The van der Waals surface area contributed by atoms with Crippen molar-refractivity contribution < 1.29 is 14.0 Å². The summed E-state index contributed by atoms with van der Waals surface area (Å²) in [5.41, 5.74) is 0.413. The van der Waals surface area contributed by atoms with Gasteiger partial charge in [-0.2, -0.15) is 0 Å². The molecule has 5 heteroatoms. The van der Waals surface area contributed by atoms with Gasteiger partial charge in [0.1, 0.15) is 22.8 Å². The van der Waals surface area contributed by atoms with Crippen LogP contribution in [-0.2, 0) is 16.1 Å². The number of ketones is 2. The average Bonchev–Trinajstić information content (AvgIpc) is 2.95. The van der Waals surface area contributed by atoms with Crippen LogP contribution in [0, 0.1) is 11.2 Å². The molecule has 0 amide bonds. The van der Waals surface area contributed by atoms with Gasteiger partial charge in [0, 0.05) is 24.7 Å². The van der Waals surface area contributed by atoms with Crippen LogP contribution in [-0.4, -0.2) is 21.1 Å². The molecule has 1 atom stereocenters. The van der Waals surface area contributed by atoms with E-state index in [2.05, 4.69) is 4.98 Å². The van der Waals surface area contributed by atoms with Crippen molar-refractivity contribution in [3.63, 3.8) is 0 Å². The van der Waals surface area contributed by atoms with Crippen molar-refractivity contribution in [2.75, 3.05) is 0 Å². The molecule has 1 aromatic carbocycles. The second-order valence-electron chi connectivity index (χ2n) is 5.60. The number of nitrogens with zero attached hydrogens (tertiary/aromatic N) is 2. The number of carbonyl (C=O) groups is 2. The van der Waals surface area contributed by atoms with Crippen molar-refractivity contribution in [3.05, 3.63) is 42.6 Å². The summed E-state index contributed by atoms with van der Waals surface area (Å²) >= 11 is 0. The first kappa shape index (κ1) is 16.1. The van der Waals surface area contributed by atoms with Crippen molar-refractivity contribution >= 4 is 11.6 Å². The minimum Gasteiger partial charge on any atom is -0.335 e. The molecule has 116 valence electrons. The molecule has 0 aliphatic heterocycles. The number of benzene rings is 1. The molecule has 0 fully saturated rings. The second kappa shape index (κ2) is 6.22. The first-order valence-electron chi connectivity index (χ1n) is 7.19. The van der Waals surface area contributed by atoms with Gasteiger partial charge >= 0.3 is 0 Å². The van der Waals surface area contributed by atoms with E-state index < -0.39 is 5.41 Å². The molecule has 0 N–H and O–H groups in total. The summed E-state index contributed by atoms with van der Waals surface area (Å²) in [5.74, 6) is -0.547. The van der Waals surface area contributed by atoms with Crippen LogP contribution in [0.4, 0.5) is 4.39 Å². The zero-order valence-electron chi connectivity index (χ0n) is 13.0. The highest BCUT2D eigenvalue weighted by Gasteiger charge is 2.37. The van der Waals surface area contributed by atoms with Crippen LogP contribution in [0.3, 0.4) is 0 Å². The zero-order valence-corrected chi connectivity index (χ0v) is 13.0. The molecule has 2 aromatic rings. The topological polar surface area (TPSA) is 52.0 Å². The molecule has 0 radical (unpaired) electrons. The van der Waals surface area contributed by atoms with Crippen LogP contribution < -0.4 is 0 Å². The Morgan fingerprint density at radius 2 is 1.91 bits per heavy atom. The van der Waals surface area contributed by atoms with Crippen LogP contribution in [0.25, 0.3) is 11.3 Å². The number of imidazole rings is 1. The Balaban J connectivity index is 2.26. The second-order valence-corrected chi connectivity index (χ2v) is 5.60. The maximum atomic E-state index is 12.9. The van der Waals surface area contributed by atoms with Gasteiger partial charge in [0.2, 0.25) is 0 Å². The fraction of sp³-hybridized carbons (Fsp3) is 0.353. The summed E-state index contributed by atoms with van der Waals surface area (Å²) in [6, 6.07) is 6.02. The van der Waals surface area contributed by atoms with Gasteiger partial charge in [-0.25, -0.2) is 9.37 Å². The molecule has 1 aromatic heterocycles. The fourth-order valence-electron chi connectivity index (χ4n) is 2.37. The molecule has 22 heavy (non-hydrogen) atoms. The minimum absolute atomic E-state index is 0.0861. The van der Waals surface area contributed by atoms with Crippen molar-refractivity contribution in [2.45, 2.75) is 33.7 Å². The molecule has 1 heterocycles. The summed E-state index contributed by atoms with van der Waals surface area (Å²) in [6.45, 7) is 5.11. The lowest BCUT2D eigenvalue weighted by molar-refractivity contribution is -0.139. The number of Topliss-reactive ketones (excluding diaryl/α,β-unsaturated/α-hetero) is 2. The lowest BCUT2D eigenvalue weighted by Gasteiger charge is -2.24. The predicted octanol–water partition coefficient (Wildman–Crippen LogP) is 3.26. The summed E-state index contributed by atoms with van der Waals surface area (Å²) in [7, 11) is 0. The maximum absolute atomic E-state index is 12.9. The van der Waals surface area contributed by atoms with Crippen molar-refractivity contribution in [1.29, 1.82) is 0 Å². The van der Waals surface area contributed by atoms with Crippen LogP contribution >= 0.6 is 0 Å². The third-order valence-electron chi connectivity index (χ3n) is 3.99. The quantitative estimate of drug-likeness (QED) is 0.770. The lowest BCUT2D eigenvalue weighted by atomic mass is 9.80. The molecule has 0 bridgehead atoms. The molecule has 0 saturated heterocycles. The van der Waals surface area contributed by atoms with Crippen LogP contribution in [0.1, 0.15) is 27.2 Å². The van der Waals surface area contributed by atoms with E-state index in [-0.39, 0.29) is 23.9 Å². The molecule has 2 rings (SSSR count). The predicted molar refractivity (Wildman–Crippen MR) is 81.7 cm³/mol. The van der Waals surface area contributed by atoms with Crippen molar-refractivity contribution in [1.82, 2.24) is 9.55 Å². The van der Waals surface area contributed by atoms with Crippen LogP contribution in [0.5, 0.6) is 0 Å². The monoisotopic (exact) mass is 302 g/mol. The van der Waals surface area contributed by atoms with E-state index in [1.165, 1.54) is 19.1 Å². The Morgan fingerprint density at radius 3 is 2.45 bits per heavy atom. The van der Waals surface area contributed by atoms with E-state index in [1.54, 1.807) is 43.1 Å². The van der Waals surface area contributed by atoms with E-state index in [4.69, 9.17) is 0 Å². The molecule has 4 nitrogen and oxygen atoms in total. The van der Waals surface area contributed by atoms with E-state index in [0.717, 1.165) is 5.56 Å². The van der Waals surface area contributed by atoms with Crippen LogP contribution in [0.15, 0.2) is 36.8 Å². The highest BCUT2D eigenvalue weighted by Crippen LogP contribution is 2.25. The number of halogens is 1. The molecule has 0 aliphatic rings. The largest absolute Gasteiger partial charge is 0.335 e. The van der Waals surface area contributed by atoms with Gasteiger partial charge in [-0.3, -0.25) is 9.59 Å². The van der Waals surface area contributed by atoms with Gasteiger partial charge in [0.05, 0.1) is 12.0 Å². The van der Waals surface area contributed by atoms with Gasteiger partial charge < -0.3 is 4.57 Å². The summed E-state index contributed by atoms with van der Waals surface area (Å²) < 4.78 is 14.7. The first-order valence-corrected chi connectivity index (χ1v) is 7.19. The maximum Gasteiger partial charge on any atom is 0.147 e. The van der Waals surface area contributed by atoms with Crippen molar-refractivity contribution in [2.24, 2.45) is 5.41 Å². The normalized spacial score (nSPS) is 13.6. The van der Waals surface area contributed by atoms with E-state index >= 15 is 0 Å². The number of rotatable bonds is 6. The summed E-state index contributed by atoms with van der Waals surface area (Å²) in [4.78, 5) is 28.2. The Kier molecular flexibility index (Phi) is 4.54. The van der Waals surface area contributed by atoms with Gasteiger partial charge in [-0.15, -0.1) is 0 Å². The first-order chi connectivity index (χ1) is 10.4. The number of aromatic nitrogens is 2. The summed E-state index contributed by atoms with van der Waals surface area (Å²) in [6.07, 6.45) is 3.66. The third-order valence-corrected chi connectivity index (χ3v) is 3.99. The molecule has 0 aliphatic carbocycles. The minimum atomic E-state index is -1.05. The van der Waals surface area contributed by atoms with E-state index in [0.29, 0.717) is 12.1 Å². The molecular weight excluding hydrogens is 283 g/mol. The number of hydrogen-bond acceptors (Lipinski definition) is 3. The molecular formula is C17H19FN2O2. The van der Waals surface area contributed by atoms with Gasteiger partial charge in [0.25, 0.3) is 0 Å². The average molecular weight is 302 g/mol. The van der Waals surface area contributed by atoms with E-state index in [9.17, 15) is 14.0 Å². The molecule has 0 saturated carbocycles. The van der Waals surface area contributed by atoms with Gasteiger partial charge in [0.15, 0.2) is 0 Å². The zero-order chi connectivity index (χ0) is 16.3. The third kappa shape index (κ3) is 3.13. The van der Waals surface area contributed by atoms with Gasteiger partial charge in [-0.05, 0) is 38.1 Å². The smallest absolute Gasteiger partial charge is 0.147 e.